The molecule has 11 nitrogen and oxygen atoms in total. The monoisotopic (exact) mass is 517 g/mol. The molecule has 1 aromatic heterocycles. The molecule has 36 heavy (non-hydrogen) atoms. The molecule has 0 N–H and O–H groups in total. The van der Waals surface area contributed by atoms with Gasteiger partial charge in [0.2, 0.25) is 0 Å². The third-order valence-corrected chi connectivity index (χ3v) is 8.06. The van der Waals surface area contributed by atoms with Gasteiger partial charge in [-0.15, -0.1) is 0 Å². The first-order valence-corrected chi connectivity index (χ1v) is 13.5. The lowest BCUT2D eigenvalue weighted by Crippen LogP contribution is -2.51. The summed E-state index contributed by atoms with van der Waals surface area (Å²) in [5, 5.41) is 7.19. The molecule has 0 radical (unpaired) electrons. The molecule has 12 heteroatoms. The van der Waals surface area contributed by atoms with E-state index < -0.39 is 21.7 Å². The minimum Gasteiger partial charge on any atom is -0.482 e. The Morgan fingerprint density at radius 2 is 1.81 bits per heavy atom. The minimum absolute atomic E-state index is 0.0448. The first-order chi connectivity index (χ1) is 16.8. The highest BCUT2D eigenvalue weighted by Crippen LogP contribution is 2.34. The van der Waals surface area contributed by atoms with Crippen LogP contribution >= 0.6 is 0 Å². The smallest absolute Gasteiger partial charge is 0.290 e. The van der Waals surface area contributed by atoms with Gasteiger partial charge in [-0.05, 0) is 30.7 Å². The Morgan fingerprint density at radius 1 is 1.11 bits per heavy atom. The van der Waals surface area contributed by atoms with E-state index in [4.69, 9.17) is 4.74 Å². The van der Waals surface area contributed by atoms with E-state index in [1.54, 1.807) is 13.1 Å². The van der Waals surface area contributed by atoms with Crippen LogP contribution in [0.5, 0.6) is 5.75 Å². The van der Waals surface area contributed by atoms with E-state index in [0.717, 1.165) is 5.69 Å². The molecule has 0 atom stereocenters. The van der Waals surface area contributed by atoms with Gasteiger partial charge in [0.25, 0.3) is 17.7 Å². The topological polar surface area (TPSA) is 122 Å². The van der Waals surface area contributed by atoms with Crippen LogP contribution in [-0.2, 0) is 31.9 Å². The number of rotatable bonds is 5. The van der Waals surface area contributed by atoms with Crippen molar-refractivity contribution in [3.8, 4) is 5.75 Å². The van der Waals surface area contributed by atoms with E-state index in [1.807, 2.05) is 20.8 Å². The maximum absolute atomic E-state index is 13.4. The first kappa shape index (κ1) is 25.7. The number of ether oxygens (including phenoxy) is 1. The minimum atomic E-state index is -3.53. The van der Waals surface area contributed by atoms with Gasteiger partial charge in [0, 0.05) is 25.6 Å². The number of nitrogens with zero attached hydrogens (tertiary/aromatic N) is 5. The highest BCUT2D eigenvalue weighted by Gasteiger charge is 2.36. The molecule has 2 aromatic rings. The van der Waals surface area contributed by atoms with E-state index >= 15 is 0 Å². The van der Waals surface area contributed by atoms with Gasteiger partial charge in [-0.3, -0.25) is 24.0 Å². The van der Waals surface area contributed by atoms with Crippen LogP contribution in [-0.4, -0.2) is 77.9 Å². The van der Waals surface area contributed by atoms with Crippen molar-refractivity contribution in [2.75, 3.05) is 36.9 Å². The zero-order chi connectivity index (χ0) is 26.4. The average Bonchev–Trinajstić information content (AvgIpc) is 3.47. The van der Waals surface area contributed by atoms with Crippen molar-refractivity contribution < 1.29 is 27.5 Å². The van der Waals surface area contributed by atoms with Gasteiger partial charge in [-0.25, -0.2) is 18.4 Å². The van der Waals surface area contributed by atoms with Gasteiger partial charge in [0.15, 0.2) is 16.4 Å². The number of hydrazine groups is 1. The van der Waals surface area contributed by atoms with Crippen LogP contribution < -0.4 is 9.64 Å². The molecule has 1 fully saturated rings. The Balaban J connectivity index is 1.59. The van der Waals surface area contributed by atoms with Gasteiger partial charge in [-0.2, -0.15) is 5.10 Å². The summed E-state index contributed by atoms with van der Waals surface area (Å²) in [5.41, 5.74) is 1.10. The molecule has 1 aromatic carbocycles. The number of sulfone groups is 1. The number of carbonyl (C=O) groups is 3. The summed E-state index contributed by atoms with van der Waals surface area (Å²) in [7, 11) is -1.84. The van der Waals surface area contributed by atoms with E-state index in [1.165, 1.54) is 44.7 Å². The highest BCUT2D eigenvalue weighted by atomic mass is 32.2. The maximum atomic E-state index is 13.4. The fraction of sp³-hybridized carbons (Fsp3) is 0.500. The predicted molar refractivity (Wildman–Crippen MR) is 131 cm³/mol. The number of benzene rings is 1. The standard InChI is InChI=1S/C24H31N5O6S/c1-6-36(33,34)16-8-9-19-17(12-16)27(22(31)15-35-19)14-21(30)28-10-7-11-29(28)23(32)18-13-20(24(2,3)4)25-26(18)5/h8-9,12-13H,6-7,10-11,14-15H2,1-5H3. The van der Waals surface area contributed by atoms with E-state index in [-0.39, 0.29) is 40.8 Å². The Morgan fingerprint density at radius 3 is 2.44 bits per heavy atom. The lowest BCUT2D eigenvalue weighted by molar-refractivity contribution is -0.140. The van der Waals surface area contributed by atoms with Crippen molar-refractivity contribution in [3.05, 3.63) is 35.7 Å². The molecule has 2 aliphatic heterocycles. The van der Waals surface area contributed by atoms with Crippen molar-refractivity contribution in [1.82, 2.24) is 19.8 Å². The van der Waals surface area contributed by atoms with Gasteiger partial charge in [0.05, 0.1) is 22.0 Å². The number of aryl methyl sites for hydroxylation is 1. The second-order valence-electron chi connectivity index (χ2n) is 9.89. The highest BCUT2D eigenvalue weighted by molar-refractivity contribution is 7.91. The van der Waals surface area contributed by atoms with E-state index in [0.29, 0.717) is 31.0 Å². The van der Waals surface area contributed by atoms with Crippen LogP contribution in [0.1, 0.15) is 50.3 Å². The average molecular weight is 518 g/mol. The SMILES string of the molecule is CCS(=O)(=O)c1ccc2c(c1)N(CC(=O)N1CCCN1C(=O)c1cc(C(C)(C)C)nn1C)C(=O)CO2. The van der Waals surface area contributed by atoms with Crippen molar-refractivity contribution in [2.24, 2.45) is 7.05 Å². The van der Waals surface area contributed by atoms with Crippen molar-refractivity contribution in [1.29, 1.82) is 0 Å². The largest absolute Gasteiger partial charge is 0.482 e. The molecule has 4 rings (SSSR count). The van der Waals surface area contributed by atoms with Gasteiger partial charge in [0.1, 0.15) is 18.0 Å². The lowest BCUT2D eigenvalue weighted by atomic mass is 9.92. The molecule has 2 aliphatic rings. The summed E-state index contributed by atoms with van der Waals surface area (Å²) in [6.07, 6.45) is 0.591. The summed E-state index contributed by atoms with van der Waals surface area (Å²) < 4.78 is 31.7. The van der Waals surface area contributed by atoms with Gasteiger partial charge < -0.3 is 4.74 Å². The maximum Gasteiger partial charge on any atom is 0.290 e. The number of carbonyl (C=O) groups excluding carboxylic acids is 3. The Labute approximate surface area is 210 Å². The molecule has 0 spiro atoms. The second kappa shape index (κ2) is 9.23. The lowest BCUT2D eigenvalue weighted by Gasteiger charge is -2.33. The van der Waals surface area contributed by atoms with Crippen molar-refractivity contribution in [2.45, 2.75) is 44.4 Å². The second-order valence-corrected chi connectivity index (χ2v) is 12.2. The molecule has 3 heterocycles. The Hall–Kier alpha value is -3.41. The van der Waals surface area contributed by atoms with Gasteiger partial charge >= 0.3 is 0 Å². The fourth-order valence-corrected chi connectivity index (χ4v) is 5.08. The van der Waals surface area contributed by atoms with Crippen LogP contribution in [0.2, 0.25) is 0 Å². The Kier molecular flexibility index (Phi) is 6.58. The van der Waals surface area contributed by atoms with Crippen LogP contribution in [0.25, 0.3) is 0 Å². The van der Waals surface area contributed by atoms with E-state index in [2.05, 4.69) is 5.10 Å². The molecular formula is C24H31N5O6S. The summed E-state index contributed by atoms with van der Waals surface area (Å²) >= 11 is 0. The molecule has 1 saturated heterocycles. The zero-order valence-electron chi connectivity index (χ0n) is 21.1. The summed E-state index contributed by atoms with van der Waals surface area (Å²) in [6.45, 7) is 7.60. The number of aromatic nitrogens is 2. The molecule has 0 unspecified atom stereocenters. The van der Waals surface area contributed by atoms with Crippen molar-refractivity contribution in [3.63, 3.8) is 0 Å². The van der Waals surface area contributed by atoms with Crippen LogP contribution in [0, 0.1) is 0 Å². The number of hydrogen-bond acceptors (Lipinski definition) is 7. The third-order valence-electron chi connectivity index (χ3n) is 6.33. The van der Waals surface area contributed by atoms with Crippen LogP contribution in [0.15, 0.2) is 29.2 Å². The third kappa shape index (κ3) is 4.69. The molecule has 0 saturated carbocycles. The molecule has 0 aliphatic carbocycles. The van der Waals surface area contributed by atoms with Gasteiger partial charge in [-0.1, -0.05) is 27.7 Å². The normalized spacial score (nSPS) is 16.2. The fourth-order valence-electron chi connectivity index (χ4n) is 4.18. The Bertz CT molecular complexity index is 1330. The number of fused-ring (bicyclic) bond motifs is 1. The van der Waals surface area contributed by atoms with E-state index in [9.17, 15) is 22.8 Å². The molecule has 194 valence electrons. The zero-order valence-corrected chi connectivity index (χ0v) is 22.0. The summed E-state index contributed by atoms with van der Waals surface area (Å²) in [5.74, 6) is -1.06. The first-order valence-electron chi connectivity index (χ1n) is 11.8. The number of hydrogen-bond donors (Lipinski definition) is 0. The summed E-state index contributed by atoms with van der Waals surface area (Å²) in [4.78, 5) is 40.7. The van der Waals surface area contributed by atoms with Crippen LogP contribution in [0.3, 0.4) is 0 Å². The number of anilines is 1. The molecular weight excluding hydrogens is 486 g/mol. The van der Waals surface area contributed by atoms with Crippen molar-refractivity contribution >= 4 is 33.2 Å². The predicted octanol–water partition coefficient (Wildman–Crippen LogP) is 1.53. The number of amides is 3. The quantitative estimate of drug-likeness (QED) is 0.589. The summed E-state index contributed by atoms with van der Waals surface area (Å²) in [6, 6.07) is 6.01. The molecule has 0 bridgehead atoms. The molecule has 3 amide bonds. The van der Waals surface area contributed by atoms with Crippen LogP contribution in [0.4, 0.5) is 5.69 Å².